The van der Waals surface area contributed by atoms with Crippen LogP contribution in [0.5, 0.6) is 0 Å². The highest BCUT2D eigenvalue weighted by Gasteiger charge is 2.19. The van der Waals surface area contributed by atoms with E-state index < -0.39 is 0 Å². The molecular weight excluding hydrogens is 322 g/mol. The molecule has 0 unspecified atom stereocenters. The van der Waals surface area contributed by atoms with Crippen molar-refractivity contribution in [2.24, 2.45) is 0 Å². The standard InChI is InChI=1S/C17H21N5OS/c1-17(2,3)22-14(18-12-19-22)11-24-16-21-20-15(23-16)10-9-13-7-5-4-6-8-13/h4-8,12H,9-11H2,1-3H3. The normalized spacial score (nSPS) is 11.8. The van der Waals surface area contributed by atoms with Gasteiger partial charge in [0.2, 0.25) is 5.89 Å². The van der Waals surface area contributed by atoms with Gasteiger partial charge in [-0.3, -0.25) is 0 Å². The van der Waals surface area contributed by atoms with E-state index in [0.717, 1.165) is 18.7 Å². The molecule has 0 aliphatic heterocycles. The minimum absolute atomic E-state index is 0.0952. The van der Waals surface area contributed by atoms with Crippen molar-refractivity contribution in [2.75, 3.05) is 0 Å². The summed E-state index contributed by atoms with van der Waals surface area (Å²) in [5.74, 6) is 2.22. The van der Waals surface area contributed by atoms with Crippen LogP contribution in [0.1, 0.15) is 38.0 Å². The Bertz CT molecular complexity index is 776. The third kappa shape index (κ3) is 4.23. The second kappa shape index (κ2) is 7.17. The lowest BCUT2D eigenvalue weighted by Crippen LogP contribution is -2.25. The predicted molar refractivity (Wildman–Crippen MR) is 92.7 cm³/mol. The Morgan fingerprint density at radius 2 is 1.88 bits per heavy atom. The van der Waals surface area contributed by atoms with E-state index in [2.05, 4.69) is 53.2 Å². The maximum atomic E-state index is 5.71. The Hall–Kier alpha value is -2.15. The number of hydrogen-bond acceptors (Lipinski definition) is 6. The van der Waals surface area contributed by atoms with E-state index in [0.29, 0.717) is 16.9 Å². The molecule has 0 bridgehead atoms. The Morgan fingerprint density at radius 3 is 2.62 bits per heavy atom. The Kier molecular flexibility index (Phi) is 4.99. The third-order valence-corrected chi connectivity index (χ3v) is 4.31. The molecule has 1 aromatic carbocycles. The van der Waals surface area contributed by atoms with Gasteiger partial charge < -0.3 is 4.42 Å². The average Bonchev–Trinajstić information content (AvgIpc) is 3.20. The van der Waals surface area contributed by atoms with E-state index in [1.165, 1.54) is 17.3 Å². The summed E-state index contributed by atoms with van der Waals surface area (Å²) in [4.78, 5) is 4.32. The molecule has 126 valence electrons. The van der Waals surface area contributed by atoms with Gasteiger partial charge >= 0.3 is 0 Å². The van der Waals surface area contributed by atoms with Gasteiger partial charge in [0.1, 0.15) is 12.2 Å². The van der Waals surface area contributed by atoms with Crippen molar-refractivity contribution in [3.8, 4) is 0 Å². The Labute approximate surface area is 145 Å². The number of thioether (sulfide) groups is 1. The molecule has 3 rings (SSSR count). The van der Waals surface area contributed by atoms with Crippen LogP contribution >= 0.6 is 11.8 Å². The van der Waals surface area contributed by atoms with Gasteiger partial charge in [-0.25, -0.2) is 9.67 Å². The van der Waals surface area contributed by atoms with Gasteiger partial charge in [-0.05, 0) is 32.8 Å². The van der Waals surface area contributed by atoms with Crippen LogP contribution < -0.4 is 0 Å². The van der Waals surface area contributed by atoms with Crippen LogP contribution in [0.2, 0.25) is 0 Å². The van der Waals surface area contributed by atoms with Crippen molar-refractivity contribution < 1.29 is 4.42 Å². The molecule has 0 aliphatic carbocycles. The Morgan fingerprint density at radius 1 is 1.08 bits per heavy atom. The fourth-order valence-corrected chi connectivity index (χ4v) is 3.05. The second-order valence-corrected chi connectivity index (χ2v) is 7.42. The first-order valence-corrected chi connectivity index (χ1v) is 8.89. The molecule has 0 amide bonds. The number of nitrogens with zero attached hydrogens (tertiary/aromatic N) is 5. The molecule has 0 atom stereocenters. The zero-order valence-electron chi connectivity index (χ0n) is 14.1. The molecule has 7 heteroatoms. The largest absolute Gasteiger partial charge is 0.416 e. The summed E-state index contributed by atoms with van der Waals surface area (Å²) in [6.07, 6.45) is 3.22. The number of benzene rings is 1. The molecule has 0 saturated carbocycles. The maximum absolute atomic E-state index is 5.71. The minimum Gasteiger partial charge on any atom is -0.416 e. The summed E-state index contributed by atoms with van der Waals surface area (Å²) >= 11 is 1.49. The molecule has 2 heterocycles. The van der Waals surface area contributed by atoms with Crippen molar-refractivity contribution in [1.82, 2.24) is 25.0 Å². The lowest BCUT2D eigenvalue weighted by atomic mass is 10.1. The number of aromatic nitrogens is 5. The zero-order chi connectivity index (χ0) is 17.0. The van der Waals surface area contributed by atoms with Crippen LogP contribution in [0.25, 0.3) is 0 Å². The average molecular weight is 343 g/mol. The lowest BCUT2D eigenvalue weighted by molar-refractivity contribution is 0.345. The molecule has 0 fully saturated rings. The van der Waals surface area contributed by atoms with E-state index >= 15 is 0 Å². The van der Waals surface area contributed by atoms with Gasteiger partial charge in [-0.1, -0.05) is 42.1 Å². The fourth-order valence-electron chi connectivity index (χ4n) is 2.34. The van der Waals surface area contributed by atoms with Gasteiger partial charge in [0.15, 0.2) is 0 Å². The van der Waals surface area contributed by atoms with Crippen molar-refractivity contribution in [1.29, 1.82) is 0 Å². The number of aryl methyl sites for hydroxylation is 2. The molecule has 0 aliphatic rings. The first-order chi connectivity index (χ1) is 11.5. The van der Waals surface area contributed by atoms with Crippen molar-refractivity contribution in [3.63, 3.8) is 0 Å². The Balaban J connectivity index is 1.56. The summed E-state index contributed by atoms with van der Waals surface area (Å²) in [6, 6.07) is 10.3. The molecular formula is C17H21N5OS. The molecule has 24 heavy (non-hydrogen) atoms. The highest BCUT2D eigenvalue weighted by molar-refractivity contribution is 7.98. The van der Waals surface area contributed by atoms with Gasteiger partial charge in [-0.2, -0.15) is 5.10 Å². The van der Waals surface area contributed by atoms with Crippen molar-refractivity contribution in [3.05, 3.63) is 53.9 Å². The summed E-state index contributed by atoms with van der Waals surface area (Å²) in [5, 5.41) is 13.1. The highest BCUT2D eigenvalue weighted by Crippen LogP contribution is 2.23. The summed E-state index contributed by atoms with van der Waals surface area (Å²) in [6.45, 7) is 6.30. The molecule has 3 aromatic rings. The zero-order valence-corrected chi connectivity index (χ0v) is 15.0. The smallest absolute Gasteiger partial charge is 0.277 e. The van der Waals surface area contributed by atoms with Crippen molar-refractivity contribution in [2.45, 2.75) is 50.1 Å². The second-order valence-electron chi connectivity index (χ2n) is 6.49. The van der Waals surface area contributed by atoms with E-state index in [-0.39, 0.29) is 5.54 Å². The quantitative estimate of drug-likeness (QED) is 0.638. The van der Waals surface area contributed by atoms with E-state index in [4.69, 9.17) is 4.42 Å². The highest BCUT2D eigenvalue weighted by atomic mass is 32.2. The molecule has 2 aromatic heterocycles. The molecule has 0 radical (unpaired) electrons. The van der Waals surface area contributed by atoms with Crippen LogP contribution in [0.15, 0.2) is 46.3 Å². The van der Waals surface area contributed by atoms with Gasteiger partial charge in [0.05, 0.1) is 11.3 Å². The molecule has 0 N–H and O–H groups in total. The molecule has 0 saturated heterocycles. The minimum atomic E-state index is -0.0952. The summed E-state index contributed by atoms with van der Waals surface area (Å²) < 4.78 is 7.64. The molecule has 6 nitrogen and oxygen atoms in total. The SMILES string of the molecule is CC(C)(C)n1ncnc1CSc1nnc(CCc2ccccc2)o1. The van der Waals surface area contributed by atoms with Crippen LogP contribution in [0.3, 0.4) is 0 Å². The van der Waals surface area contributed by atoms with Crippen LogP contribution in [0, 0.1) is 0 Å². The van der Waals surface area contributed by atoms with Crippen molar-refractivity contribution >= 4 is 11.8 Å². The molecule has 0 spiro atoms. The third-order valence-electron chi connectivity index (χ3n) is 3.50. The predicted octanol–water partition coefficient (Wildman–Crippen LogP) is 3.49. The van der Waals surface area contributed by atoms with E-state index in [9.17, 15) is 0 Å². The summed E-state index contributed by atoms with van der Waals surface area (Å²) in [5.41, 5.74) is 1.17. The van der Waals surface area contributed by atoms with Gasteiger partial charge in [0, 0.05) is 6.42 Å². The maximum Gasteiger partial charge on any atom is 0.277 e. The lowest BCUT2D eigenvalue weighted by Gasteiger charge is -2.20. The van der Waals surface area contributed by atoms with Crippen LogP contribution in [0.4, 0.5) is 0 Å². The van der Waals surface area contributed by atoms with Crippen LogP contribution in [-0.4, -0.2) is 25.0 Å². The first kappa shape index (κ1) is 16.7. The van der Waals surface area contributed by atoms with Gasteiger partial charge in [-0.15, -0.1) is 10.2 Å². The first-order valence-electron chi connectivity index (χ1n) is 7.91. The monoisotopic (exact) mass is 343 g/mol. The topological polar surface area (TPSA) is 69.6 Å². The number of hydrogen-bond donors (Lipinski definition) is 0. The number of rotatable bonds is 6. The van der Waals surface area contributed by atoms with E-state index in [1.54, 1.807) is 6.33 Å². The summed E-state index contributed by atoms with van der Waals surface area (Å²) in [7, 11) is 0. The fraction of sp³-hybridized carbons (Fsp3) is 0.412. The van der Waals surface area contributed by atoms with E-state index in [1.807, 2.05) is 22.9 Å². The van der Waals surface area contributed by atoms with Crippen LogP contribution in [-0.2, 0) is 24.1 Å². The van der Waals surface area contributed by atoms with Gasteiger partial charge in [0.25, 0.3) is 5.22 Å².